The number of alkyl halides is 1. The lowest BCUT2D eigenvalue weighted by Gasteiger charge is -2.28. The molecule has 3 heteroatoms. The molecule has 2 saturated heterocycles. The Balaban J connectivity index is 1.87. The van der Waals surface area contributed by atoms with Crippen LogP contribution in [-0.4, -0.2) is 41.4 Å². The van der Waals surface area contributed by atoms with Crippen LogP contribution < -0.4 is 0 Å². The normalized spacial score (nSPS) is 47.1. The second kappa shape index (κ2) is 2.26. The van der Waals surface area contributed by atoms with Crippen LogP contribution in [0.4, 0.5) is 4.39 Å². The van der Waals surface area contributed by atoms with Crippen LogP contribution in [-0.2, 0) is 0 Å². The van der Waals surface area contributed by atoms with E-state index in [4.69, 9.17) is 0 Å². The van der Waals surface area contributed by atoms with Crippen molar-refractivity contribution in [2.75, 3.05) is 19.7 Å². The number of hydrogen-bond acceptors (Lipinski definition) is 2. The molecular formula is C10H16FNO. The summed E-state index contributed by atoms with van der Waals surface area (Å²) < 4.78 is 13.2. The molecule has 0 unspecified atom stereocenters. The van der Waals surface area contributed by atoms with E-state index < -0.39 is 6.17 Å². The molecule has 1 saturated carbocycles. The molecule has 0 bridgehead atoms. The molecule has 0 aromatic rings. The summed E-state index contributed by atoms with van der Waals surface area (Å²) in [5.41, 5.74) is 0.318. The van der Waals surface area contributed by atoms with Gasteiger partial charge in [-0.3, -0.25) is 4.90 Å². The predicted molar refractivity (Wildman–Crippen MR) is 47.2 cm³/mol. The highest BCUT2D eigenvalue weighted by Crippen LogP contribution is 2.60. The van der Waals surface area contributed by atoms with Gasteiger partial charge in [0.1, 0.15) is 6.17 Å². The van der Waals surface area contributed by atoms with E-state index in [0.29, 0.717) is 18.4 Å². The minimum absolute atomic E-state index is 0.148. The summed E-state index contributed by atoms with van der Waals surface area (Å²) in [4.78, 5) is 2.20. The predicted octanol–water partition coefficient (Wildman–Crippen LogP) is 0.945. The van der Waals surface area contributed by atoms with Gasteiger partial charge in [-0.15, -0.1) is 0 Å². The molecule has 3 fully saturated rings. The van der Waals surface area contributed by atoms with Crippen molar-refractivity contribution in [1.82, 2.24) is 4.90 Å². The highest BCUT2D eigenvalue weighted by molar-refractivity contribution is 5.15. The van der Waals surface area contributed by atoms with Gasteiger partial charge < -0.3 is 5.11 Å². The van der Waals surface area contributed by atoms with Crippen molar-refractivity contribution >= 4 is 0 Å². The van der Waals surface area contributed by atoms with Gasteiger partial charge in [-0.1, -0.05) is 0 Å². The Morgan fingerprint density at radius 1 is 1.46 bits per heavy atom. The minimum Gasteiger partial charge on any atom is -0.394 e. The Bertz CT molecular complexity index is 241. The molecule has 1 N–H and O–H groups in total. The number of aliphatic hydroxyl groups excluding tert-OH is 1. The van der Waals surface area contributed by atoms with Crippen molar-refractivity contribution in [3.05, 3.63) is 0 Å². The first-order valence-corrected chi connectivity index (χ1v) is 5.18. The SMILES string of the molecule is OC[C@@]12C[C@@H](F)CN1CC1(CC1)C2. The van der Waals surface area contributed by atoms with E-state index in [1.165, 1.54) is 12.8 Å². The number of hydrogen-bond donors (Lipinski definition) is 1. The van der Waals surface area contributed by atoms with Crippen LogP contribution in [0.25, 0.3) is 0 Å². The average Bonchev–Trinajstić information content (AvgIpc) is 2.64. The maximum Gasteiger partial charge on any atom is 0.115 e. The summed E-state index contributed by atoms with van der Waals surface area (Å²) in [7, 11) is 0. The summed E-state index contributed by atoms with van der Waals surface area (Å²) in [5.74, 6) is 0. The molecule has 0 aromatic carbocycles. The molecule has 3 aliphatic rings. The monoisotopic (exact) mass is 185 g/mol. The molecule has 0 radical (unpaired) electrons. The standard InChI is InChI=1S/C10H16FNO/c11-8-3-10(7-13)5-9(1-2-9)6-12(10)4-8/h8,13H,1-7H2/t8-,10+/m1/s1. The number of rotatable bonds is 1. The van der Waals surface area contributed by atoms with Gasteiger partial charge in [-0.05, 0) is 24.7 Å². The third kappa shape index (κ3) is 1.00. The van der Waals surface area contributed by atoms with Crippen molar-refractivity contribution < 1.29 is 9.50 Å². The van der Waals surface area contributed by atoms with E-state index in [1.807, 2.05) is 0 Å². The Morgan fingerprint density at radius 2 is 2.23 bits per heavy atom. The van der Waals surface area contributed by atoms with Crippen LogP contribution >= 0.6 is 0 Å². The fraction of sp³-hybridized carbons (Fsp3) is 1.00. The lowest BCUT2D eigenvalue weighted by Crippen LogP contribution is -2.41. The van der Waals surface area contributed by atoms with Crippen LogP contribution in [0, 0.1) is 5.41 Å². The highest BCUT2D eigenvalue weighted by Gasteiger charge is 2.61. The molecule has 74 valence electrons. The lowest BCUT2D eigenvalue weighted by atomic mass is 9.89. The molecule has 2 nitrogen and oxygen atoms in total. The number of halogens is 1. The van der Waals surface area contributed by atoms with E-state index >= 15 is 0 Å². The van der Waals surface area contributed by atoms with E-state index in [1.54, 1.807) is 0 Å². The number of aliphatic hydroxyl groups is 1. The van der Waals surface area contributed by atoms with Gasteiger partial charge in [0.25, 0.3) is 0 Å². The van der Waals surface area contributed by atoms with Crippen molar-refractivity contribution in [3.63, 3.8) is 0 Å². The summed E-state index contributed by atoms with van der Waals surface area (Å²) >= 11 is 0. The Hall–Kier alpha value is -0.150. The molecule has 13 heavy (non-hydrogen) atoms. The van der Waals surface area contributed by atoms with Crippen LogP contribution in [0.2, 0.25) is 0 Å². The number of fused-ring (bicyclic) bond motifs is 1. The molecule has 2 heterocycles. The van der Waals surface area contributed by atoms with Crippen LogP contribution in [0.5, 0.6) is 0 Å². The van der Waals surface area contributed by atoms with Gasteiger partial charge in [0.2, 0.25) is 0 Å². The Kier molecular flexibility index (Phi) is 1.42. The minimum atomic E-state index is -0.705. The quantitative estimate of drug-likeness (QED) is 0.657. The van der Waals surface area contributed by atoms with Gasteiger partial charge in [-0.2, -0.15) is 0 Å². The molecule has 2 aliphatic heterocycles. The molecular weight excluding hydrogens is 169 g/mol. The zero-order valence-electron chi connectivity index (χ0n) is 7.80. The van der Waals surface area contributed by atoms with Crippen molar-refractivity contribution in [3.8, 4) is 0 Å². The van der Waals surface area contributed by atoms with E-state index in [-0.39, 0.29) is 12.1 Å². The summed E-state index contributed by atoms with van der Waals surface area (Å²) in [6, 6.07) is 0. The Morgan fingerprint density at radius 3 is 2.77 bits per heavy atom. The van der Waals surface area contributed by atoms with Gasteiger partial charge >= 0.3 is 0 Å². The summed E-state index contributed by atoms with van der Waals surface area (Å²) in [6.07, 6.45) is 3.48. The second-order valence-corrected chi connectivity index (χ2v) is 5.24. The maximum absolute atomic E-state index is 13.2. The van der Waals surface area contributed by atoms with Gasteiger partial charge in [-0.25, -0.2) is 4.39 Å². The first-order chi connectivity index (χ1) is 6.18. The molecule has 0 amide bonds. The van der Waals surface area contributed by atoms with Crippen LogP contribution in [0.1, 0.15) is 25.7 Å². The highest BCUT2D eigenvalue weighted by atomic mass is 19.1. The Labute approximate surface area is 77.7 Å². The topological polar surface area (TPSA) is 23.5 Å². The summed E-state index contributed by atoms with van der Waals surface area (Å²) in [6.45, 7) is 1.74. The smallest absolute Gasteiger partial charge is 0.115 e. The van der Waals surface area contributed by atoms with Crippen molar-refractivity contribution in [2.24, 2.45) is 5.41 Å². The van der Waals surface area contributed by atoms with E-state index in [9.17, 15) is 9.50 Å². The van der Waals surface area contributed by atoms with Gasteiger partial charge in [0.05, 0.1) is 6.61 Å². The van der Waals surface area contributed by atoms with Gasteiger partial charge in [0, 0.05) is 25.0 Å². The number of nitrogens with zero attached hydrogens (tertiary/aromatic N) is 1. The molecule has 1 aliphatic carbocycles. The first-order valence-electron chi connectivity index (χ1n) is 5.18. The van der Waals surface area contributed by atoms with Crippen molar-refractivity contribution in [2.45, 2.75) is 37.4 Å². The summed E-state index contributed by atoms with van der Waals surface area (Å²) in [5, 5.41) is 9.40. The molecule has 1 spiro atoms. The van der Waals surface area contributed by atoms with Gasteiger partial charge in [0.15, 0.2) is 0 Å². The zero-order chi connectivity index (χ0) is 9.10. The third-order valence-electron chi connectivity index (χ3n) is 4.17. The lowest BCUT2D eigenvalue weighted by molar-refractivity contribution is 0.0994. The fourth-order valence-electron chi connectivity index (χ4n) is 3.35. The molecule has 3 rings (SSSR count). The zero-order valence-corrected chi connectivity index (χ0v) is 7.80. The maximum atomic E-state index is 13.2. The van der Waals surface area contributed by atoms with Crippen molar-refractivity contribution in [1.29, 1.82) is 0 Å². The van der Waals surface area contributed by atoms with Crippen LogP contribution in [0.3, 0.4) is 0 Å². The molecule has 0 aromatic heterocycles. The fourth-order valence-corrected chi connectivity index (χ4v) is 3.35. The largest absolute Gasteiger partial charge is 0.394 e. The average molecular weight is 185 g/mol. The third-order valence-corrected chi connectivity index (χ3v) is 4.17. The first kappa shape index (κ1) is 8.18. The second-order valence-electron chi connectivity index (χ2n) is 5.24. The van der Waals surface area contributed by atoms with E-state index in [2.05, 4.69) is 4.90 Å². The van der Waals surface area contributed by atoms with Crippen LogP contribution in [0.15, 0.2) is 0 Å². The van der Waals surface area contributed by atoms with E-state index in [0.717, 1.165) is 13.0 Å². The molecule has 2 atom stereocenters.